The summed E-state index contributed by atoms with van der Waals surface area (Å²) in [5.74, 6) is 0.0263. The Morgan fingerprint density at radius 1 is 1.27 bits per heavy atom. The highest BCUT2D eigenvalue weighted by Gasteiger charge is 2.38. The van der Waals surface area contributed by atoms with Crippen LogP contribution in [0.1, 0.15) is 58.3 Å². The molecule has 1 heterocycles. The number of ether oxygens (including phenoxy) is 1. The largest absolute Gasteiger partial charge is 0.460 e. The molecule has 0 amide bonds. The molecule has 0 bridgehead atoms. The molecule has 0 radical (unpaired) electrons. The summed E-state index contributed by atoms with van der Waals surface area (Å²) < 4.78 is 6.75. The van der Waals surface area contributed by atoms with E-state index >= 15 is 0 Å². The molecule has 7 heteroatoms. The molecule has 0 spiro atoms. The molecule has 0 aliphatic heterocycles. The molecule has 0 aliphatic rings. The molecule has 2 aromatic rings. The first-order valence-electron chi connectivity index (χ1n) is 8.92. The lowest BCUT2D eigenvalue weighted by molar-refractivity contribution is -0.163. The third-order valence-electron chi connectivity index (χ3n) is 4.45. The summed E-state index contributed by atoms with van der Waals surface area (Å²) in [5.41, 5.74) is 0.580. The van der Waals surface area contributed by atoms with Gasteiger partial charge in [0, 0.05) is 10.4 Å². The van der Waals surface area contributed by atoms with Crippen LogP contribution in [0.5, 0.6) is 0 Å². The predicted molar refractivity (Wildman–Crippen MR) is 104 cm³/mol. The number of aromatic nitrogens is 4. The Morgan fingerprint density at radius 3 is 2.42 bits per heavy atom. The Bertz CT molecular complexity index is 695. The molecule has 0 saturated heterocycles. The van der Waals surface area contributed by atoms with Gasteiger partial charge in [-0.1, -0.05) is 48.3 Å². The quantitative estimate of drug-likeness (QED) is 0.672. The highest BCUT2D eigenvalue weighted by atomic mass is 79.9. The highest BCUT2D eigenvalue weighted by molar-refractivity contribution is 9.10. The SMILES string of the molecule is CCC(C)[C@H](C(=O)OC(C)(C)C)[C@H](Cc1ccc(Br)cc1)c1nnn[nH]1. The van der Waals surface area contributed by atoms with E-state index in [9.17, 15) is 4.79 Å². The molecule has 1 aromatic heterocycles. The van der Waals surface area contributed by atoms with Crippen LogP contribution in [0.2, 0.25) is 0 Å². The smallest absolute Gasteiger partial charge is 0.310 e. The lowest BCUT2D eigenvalue weighted by atomic mass is 9.77. The number of hydrogen-bond acceptors (Lipinski definition) is 5. The monoisotopic (exact) mass is 422 g/mol. The second-order valence-corrected chi connectivity index (χ2v) is 8.58. The van der Waals surface area contributed by atoms with Gasteiger partial charge in [0.15, 0.2) is 5.82 Å². The Balaban J connectivity index is 2.38. The van der Waals surface area contributed by atoms with Crippen molar-refractivity contribution in [1.82, 2.24) is 20.6 Å². The summed E-state index contributed by atoms with van der Waals surface area (Å²) in [4.78, 5) is 13.0. The van der Waals surface area contributed by atoms with Crippen LogP contribution in [-0.2, 0) is 16.0 Å². The summed E-state index contributed by atoms with van der Waals surface area (Å²) in [5, 5.41) is 14.4. The van der Waals surface area contributed by atoms with E-state index in [1.54, 1.807) is 0 Å². The van der Waals surface area contributed by atoms with Crippen molar-refractivity contribution in [2.75, 3.05) is 0 Å². The first kappa shape index (κ1) is 20.6. The highest BCUT2D eigenvalue weighted by Crippen LogP contribution is 2.35. The van der Waals surface area contributed by atoms with Crippen molar-refractivity contribution in [2.24, 2.45) is 11.8 Å². The molecule has 2 rings (SSSR count). The van der Waals surface area contributed by atoms with E-state index in [1.807, 2.05) is 45.0 Å². The number of carbonyl (C=O) groups excluding carboxylic acids is 1. The average Bonchev–Trinajstić information content (AvgIpc) is 3.08. The molecule has 3 atom stereocenters. The van der Waals surface area contributed by atoms with Crippen LogP contribution in [-0.4, -0.2) is 32.2 Å². The zero-order chi connectivity index (χ0) is 19.3. The second-order valence-electron chi connectivity index (χ2n) is 7.67. The van der Waals surface area contributed by atoms with Gasteiger partial charge in [0.05, 0.1) is 5.92 Å². The van der Waals surface area contributed by atoms with E-state index in [1.165, 1.54) is 0 Å². The molecule has 6 nitrogen and oxygen atoms in total. The van der Waals surface area contributed by atoms with Gasteiger partial charge in [-0.2, -0.15) is 0 Å². The zero-order valence-electron chi connectivity index (χ0n) is 16.0. The standard InChI is InChI=1S/C19H27BrN4O2/c1-6-12(2)16(18(25)26-19(3,4)5)15(17-21-23-24-22-17)11-13-7-9-14(20)10-8-13/h7-10,12,15-16H,6,11H2,1-5H3,(H,21,22,23,24)/t12?,15-,16-/m0/s1. The molecule has 0 fully saturated rings. The van der Waals surface area contributed by atoms with E-state index < -0.39 is 5.60 Å². The Labute approximate surface area is 163 Å². The number of carbonyl (C=O) groups is 1. The van der Waals surface area contributed by atoms with Gasteiger partial charge in [-0.3, -0.25) is 4.79 Å². The van der Waals surface area contributed by atoms with Gasteiger partial charge in [-0.05, 0) is 61.2 Å². The summed E-state index contributed by atoms with van der Waals surface area (Å²) in [6, 6.07) is 8.08. The van der Waals surface area contributed by atoms with Gasteiger partial charge >= 0.3 is 5.97 Å². The number of hydrogen-bond donors (Lipinski definition) is 1. The molecule has 0 saturated carbocycles. The topological polar surface area (TPSA) is 80.8 Å². The maximum atomic E-state index is 13.0. The maximum absolute atomic E-state index is 13.0. The number of aromatic amines is 1. The molecule has 0 aliphatic carbocycles. The van der Waals surface area contributed by atoms with Gasteiger partial charge in [-0.25, -0.2) is 5.10 Å². The van der Waals surface area contributed by atoms with Crippen LogP contribution in [0.25, 0.3) is 0 Å². The number of H-pyrrole nitrogens is 1. The van der Waals surface area contributed by atoms with Crippen molar-refractivity contribution < 1.29 is 9.53 Å². The van der Waals surface area contributed by atoms with Gasteiger partial charge in [0.2, 0.25) is 0 Å². The minimum absolute atomic E-state index is 0.135. The molecule has 26 heavy (non-hydrogen) atoms. The van der Waals surface area contributed by atoms with Gasteiger partial charge < -0.3 is 4.74 Å². The van der Waals surface area contributed by atoms with Gasteiger partial charge in [-0.15, -0.1) is 5.10 Å². The average molecular weight is 423 g/mol. The lowest BCUT2D eigenvalue weighted by Crippen LogP contribution is -2.36. The fraction of sp³-hybridized carbons (Fsp3) is 0.579. The zero-order valence-corrected chi connectivity index (χ0v) is 17.6. The fourth-order valence-corrected chi connectivity index (χ4v) is 3.27. The van der Waals surface area contributed by atoms with Crippen molar-refractivity contribution in [3.05, 3.63) is 40.1 Å². The van der Waals surface area contributed by atoms with Gasteiger partial charge in [0.1, 0.15) is 5.60 Å². The lowest BCUT2D eigenvalue weighted by Gasteiger charge is -2.31. The summed E-state index contributed by atoms with van der Waals surface area (Å²) in [7, 11) is 0. The fourth-order valence-electron chi connectivity index (χ4n) is 3.01. The first-order valence-corrected chi connectivity index (χ1v) is 9.71. The number of nitrogens with one attached hydrogen (secondary N) is 1. The third-order valence-corrected chi connectivity index (χ3v) is 4.98. The minimum Gasteiger partial charge on any atom is -0.460 e. The molecule has 142 valence electrons. The molecule has 1 aromatic carbocycles. The number of halogens is 1. The van der Waals surface area contributed by atoms with Crippen molar-refractivity contribution in [3.63, 3.8) is 0 Å². The minimum atomic E-state index is -0.537. The van der Waals surface area contributed by atoms with Crippen molar-refractivity contribution in [1.29, 1.82) is 0 Å². The van der Waals surface area contributed by atoms with E-state index in [4.69, 9.17) is 4.74 Å². The van der Waals surface area contributed by atoms with Crippen LogP contribution in [0.15, 0.2) is 28.7 Å². The van der Waals surface area contributed by atoms with Crippen molar-refractivity contribution in [2.45, 2.75) is 59.0 Å². The van der Waals surface area contributed by atoms with Gasteiger partial charge in [0.25, 0.3) is 0 Å². The molecule has 1 unspecified atom stereocenters. The van der Waals surface area contributed by atoms with E-state index in [0.717, 1.165) is 16.5 Å². The van der Waals surface area contributed by atoms with Crippen molar-refractivity contribution >= 4 is 21.9 Å². The molecular formula is C19H27BrN4O2. The van der Waals surface area contributed by atoms with Crippen LogP contribution < -0.4 is 0 Å². The normalized spacial score (nSPS) is 15.3. The number of tetrazole rings is 1. The Hall–Kier alpha value is -1.76. The first-order chi connectivity index (χ1) is 12.2. The van der Waals surface area contributed by atoms with Crippen LogP contribution >= 0.6 is 15.9 Å². The van der Waals surface area contributed by atoms with E-state index in [0.29, 0.717) is 12.2 Å². The number of nitrogens with zero attached hydrogens (tertiary/aromatic N) is 3. The number of benzene rings is 1. The number of rotatable bonds is 7. The Morgan fingerprint density at radius 2 is 1.92 bits per heavy atom. The predicted octanol–water partition coefficient (Wildman–Crippen LogP) is 4.29. The molecular weight excluding hydrogens is 396 g/mol. The summed E-state index contributed by atoms with van der Waals surface area (Å²) in [6.45, 7) is 9.82. The maximum Gasteiger partial charge on any atom is 0.310 e. The summed E-state index contributed by atoms with van der Waals surface area (Å²) in [6.07, 6.45) is 1.51. The second kappa shape index (κ2) is 8.75. The van der Waals surface area contributed by atoms with E-state index in [-0.39, 0.29) is 23.7 Å². The number of esters is 1. The Kier molecular flexibility index (Phi) is 6.92. The van der Waals surface area contributed by atoms with Crippen LogP contribution in [0.4, 0.5) is 0 Å². The summed E-state index contributed by atoms with van der Waals surface area (Å²) >= 11 is 3.46. The third kappa shape index (κ3) is 5.62. The van der Waals surface area contributed by atoms with Crippen molar-refractivity contribution in [3.8, 4) is 0 Å². The van der Waals surface area contributed by atoms with Crippen LogP contribution in [0.3, 0.4) is 0 Å². The van der Waals surface area contributed by atoms with E-state index in [2.05, 4.69) is 50.4 Å². The van der Waals surface area contributed by atoms with Crippen LogP contribution in [0, 0.1) is 11.8 Å². The molecule has 1 N–H and O–H groups in total.